The maximum Gasteiger partial charge on any atom is 0.375 e. The number of aryl methyl sites for hydroxylation is 4. The van der Waals surface area contributed by atoms with Crippen LogP contribution in [0.15, 0.2) is 85.5 Å². The largest absolute Gasteiger partial charge is 0.459 e. The zero-order valence-corrected chi connectivity index (χ0v) is 75.5. The minimum atomic E-state index is -1.13. The van der Waals surface area contributed by atoms with Gasteiger partial charge in [-0.2, -0.15) is 5.26 Å². The summed E-state index contributed by atoms with van der Waals surface area (Å²) in [6.07, 6.45) is 6.01. The first-order valence-corrected chi connectivity index (χ1v) is 38.1. The Morgan fingerprint density at radius 1 is 0.607 bits per heavy atom. The van der Waals surface area contributed by atoms with Crippen LogP contribution in [0.1, 0.15) is 174 Å². The number of alkyl halides is 1. The number of aromatic nitrogens is 8. The number of pyridine rings is 4. The number of H-pyrrole nitrogens is 4. The number of hydrogen-bond acceptors (Lipinski definition) is 19. The maximum absolute atomic E-state index is 13.9. The van der Waals surface area contributed by atoms with Crippen molar-refractivity contribution in [2.75, 3.05) is 32.1 Å². The number of aliphatic hydroxyl groups excluding tert-OH is 1. The molecule has 1 amide bonds. The van der Waals surface area contributed by atoms with E-state index in [2.05, 4.69) is 106 Å². The number of carbonyl (C=O) groups is 6. The van der Waals surface area contributed by atoms with Crippen LogP contribution < -0.4 is 16.9 Å². The SMILES string of the molecule is CC(C)OC(=O)C(=O)CBr.CO.Cc1nc2c(C(C)(C)C#N)c[nH]c2cc1Cl.Cc1nc2c(C(C)(C)CN)c[nH]c2cc1Cl.Cc1nc2c3c([nH]c2cc1Cl)C(C(=O)OC(C)C)=CN(C(=O)c1ccc(F)c(F)c1)CC3(C)C.Cc1nc2c3c([nH]c2cc1F)C(C(=O)OC(C)C)=CNCC3(C)C.NO.O=C(Cl)c1ccc(F)c(F)c1.[CH3-].[Re]. The Bertz CT molecular complexity index is 5370. The summed E-state index contributed by atoms with van der Waals surface area (Å²) in [5.74, 6) is -4.06. The Morgan fingerprint density at radius 2 is 1.02 bits per heavy atom. The Labute approximate surface area is 717 Å². The van der Waals surface area contributed by atoms with Crippen LogP contribution in [0.5, 0.6) is 0 Å². The number of ether oxygens (including phenoxy) is 3. The van der Waals surface area contributed by atoms with Gasteiger partial charge in [0, 0.05) is 128 Å². The summed E-state index contributed by atoms with van der Waals surface area (Å²) in [4.78, 5) is 103. The van der Waals surface area contributed by atoms with Gasteiger partial charge in [0.15, 0.2) is 23.3 Å². The van der Waals surface area contributed by atoms with E-state index < -0.39 is 75.0 Å². The molecule has 2 aromatic carbocycles. The Hall–Kier alpha value is -9.02. The Balaban J connectivity index is 0.000000377. The van der Waals surface area contributed by atoms with Gasteiger partial charge < -0.3 is 67.8 Å². The molecule has 10 heterocycles. The average molecular weight is 1940 g/mol. The summed E-state index contributed by atoms with van der Waals surface area (Å²) in [6.45, 7) is 34.9. The monoisotopic (exact) mass is 1940 g/mol. The number of hydrogen-bond donors (Lipinski definition) is 9. The first-order chi connectivity index (χ1) is 53.7. The molecule has 8 aromatic heterocycles. The molecule has 12 rings (SSSR count). The van der Waals surface area contributed by atoms with Crippen LogP contribution in [0, 0.1) is 75.5 Å². The summed E-state index contributed by atoms with van der Waals surface area (Å²) in [7, 11) is 1.00. The van der Waals surface area contributed by atoms with Crippen molar-refractivity contribution < 1.29 is 95.7 Å². The maximum atomic E-state index is 13.9. The van der Waals surface area contributed by atoms with Crippen molar-refractivity contribution in [1.29, 1.82) is 5.26 Å². The third kappa shape index (κ3) is 25.5. The van der Waals surface area contributed by atoms with Crippen molar-refractivity contribution in [3.05, 3.63) is 205 Å². The normalized spacial score (nSPS) is 12.9. The number of amides is 1. The van der Waals surface area contributed by atoms with E-state index in [0.29, 0.717) is 78.6 Å². The molecule has 10 aromatic rings. The summed E-state index contributed by atoms with van der Waals surface area (Å²) in [6, 6.07) is 14.9. The molecule has 0 fully saturated rings. The fourth-order valence-corrected chi connectivity index (χ4v) is 12.4. The molecule has 0 bridgehead atoms. The van der Waals surface area contributed by atoms with Crippen LogP contribution in [-0.4, -0.2) is 140 Å². The van der Waals surface area contributed by atoms with Gasteiger partial charge in [0.2, 0.25) is 0 Å². The molecule has 2 aliphatic heterocycles. The van der Waals surface area contributed by atoms with E-state index in [9.17, 15) is 50.7 Å². The van der Waals surface area contributed by atoms with Crippen molar-refractivity contribution in [3.63, 3.8) is 0 Å². The van der Waals surface area contributed by atoms with Gasteiger partial charge >= 0.3 is 17.9 Å². The van der Waals surface area contributed by atoms with Gasteiger partial charge in [0.1, 0.15) is 5.82 Å². The van der Waals surface area contributed by atoms with Gasteiger partial charge in [-0.15, -0.1) is 0 Å². The molecule has 0 saturated heterocycles. The molecule has 35 heteroatoms. The fraction of sp³-hybridized carbons (Fsp3) is 0.366. The van der Waals surface area contributed by atoms with Crippen LogP contribution in [0.4, 0.5) is 22.0 Å². The standard InChI is InChI=1S/C25H24ClF2N3O3.C18H22FN3O2.C12H16ClN3.C12H12ClN3.C7H3ClF2O.C6H9BrO3.CH4O.CH3.H3NO.Re/c1-12(2)34-24(33)15-10-31(23(32)14-6-7-17(27)18(28)8-14)11-25(4,5)20-21(15)30-19-9-16(26)13(3)29-22(19)20;1-9(2)24-17(23)11-7-20-8-18(4,5)14-15(11)22-13-6-12(19)10(3)21-16(13)14;2*1-7-9(13)4-10-11(16-7)8(5-15-10)12(2,3)6-14;8-7(11)4-1-2-5(9)6(10)3-4;1-4(2)10-6(9)5(8)3-7;1-2;;1-2;/h6-10,12,30H,11H2,1-5H3;6-7,9,20,22H,8H2,1-5H3;4-5,15H,6,14H2,1-3H3;4-5,15H,1-3H3;1-3H;4H,3H2,1-2H3;2H,1H3;1H3;2H,1H2;/q;;;;;;;-1;;. The van der Waals surface area contributed by atoms with E-state index in [0.717, 1.165) is 93.2 Å². The van der Waals surface area contributed by atoms with E-state index in [1.807, 2.05) is 66.1 Å². The molecule has 11 N–H and O–H groups in total. The van der Waals surface area contributed by atoms with E-state index in [-0.39, 0.29) is 85.3 Å². The van der Waals surface area contributed by atoms with Gasteiger partial charge in [-0.25, -0.2) is 62.2 Å². The Kier molecular flexibility index (Phi) is 38.1. The number of rotatable bonds is 12. The van der Waals surface area contributed by atoms with Crippen molar-refractivity contribution in [2.45, 2.75) is 165 Å². The Morgan fingerprint density at radius 3 is 1.47 bits per heavy atom. The minimum Gasteiger partial charge on any atom is -0.459 e. The summed E-state index contributed by atoms with van der Waals surface area (Å²) < 4.78 is 81.2. The predicted molar refractivity (Wildman–Crippen MR) is 446 cm³/mol. The van der Waals surface area contributed by atoms with Crippen molar-refractivity contribution in [3.8, 4) is 6.07 Å². The predicted octanol–water partition coefficient (Wildman–Crippen LogP) is 17.4. The number of aromatic amines is 4. The summed E-state index contributed by atoms with van der Waals surface area (Å²) in [5, 5.41) is 26.8. The number of aliphatic hydroxyl groups is 1. The number of nitrogens with two attached hydrogens (primary N) is 2. The molecule has 0 spiro atoms. The van der Waals surface area contributed by atoms with E-state index in [1.165, 1.54) is 23.2 Å². The number of halogens is 10. The number of Topliss-reactive ketones (excluding diaryl/α,β-unsaturated/α-hetero) is 1. The van der Waals surface area contributed by atoms with E-state index >= 15 is 0 Å². The molecular formula is C82H96BrCl4F5N13O11Re-. The minimum absolute atomic E-state index is 0. The van der Waals surface area contributed by atoms with E-state index in [1.54, 1.807) is 67.7 Å². The van der Waals surface area contributed by atoms with E-state index in [4.69, 9.17) is 77.2 Å². The van der Waals surface area contributed by atoms with Gasteiger partial charge in [0.05, 0.1) is 140 Å². The van der Waals surface area contributed by atoms with Gasteiger partial charge in [-0.1, -0.05) is 92.3 Å². The van der Waals surface area contributed by atoms with Crippen LogP contribution in [0.2, 0.25) is 15.1 Å². The number of esters is 3. The number of carbonyl (C=O) groups excluding carboxylic acids is 6. The second kappa shape index (κ2) is 43.6. The van der Waals surface area contributed by atoms with Crippen LogP contribution in [-0.2, 0) is 75.5 Å². The van der Waals surface area contributed by atoms with Crippen LogP contribution in [0.3, 0.4) is 0 Å². The molecule has 1 radical (unpaired) electrons. The number of nitrogens with one attached hydrogen (secondary N) is 5. The number of nitriles is 1. The zero-order chi connectivity index (χ0) is 87.0. The van der Waals surface area contributed by atoms with Crippen molar-refractivity contribution >= 4 is 152 Å². The number of fused-ring (bicyclic) bond motifs is 8. The average Bonchev–Trinajstić information content (AvgIpc) is 1.59. The molecule has 0 unspecified atom stereocenters. The molecule has 117 heavy (non-hydrogen) atoms. The second-order valence-electron chi connectivity index (χ2n) is 29.4. The molecular weight excluding hydrogens is 1850 g/mol. The summed E-state index contributed by atoms with van der Waals surface area (Å²) in [5.41, 5.74) is 18.2. The van der Waals surface area contributed by atoms with Crippen LogP contribution in [0.25, 0.3) is 55.3 Å². The van der Waals surface area contributed by atoms with Crippen molar-refractivity contribution in [1.82, 2.24) is 50.1 Å². The fourth-order valence-electron chi connectivity index (χ4n) is 11.6. The molecule has 0 aliphatic carbocycles. The molecule has 2 aliphatic rings. The zero-order valence-electron chi connectivity index (χ0n) is 68.2. The van der Waals surface area contributed by atoms with Crippen LogP contribution >= 0.6 is 62.3 Å². The first-order valence-electron chi connectivity index (χ1n) is 35.5. The van der Waals surface area contributed by atoms with Gasteiger partial charge in [0.25, 0.3) is 16.9 Å². The smallest absolute Gasteiger partial charge is 0.375 e. The number of nitrogens with zero attached hydrogens (tertiary/aromatic N) is 6. The quantitative estimate of drug-likeness (QED) is 0.00802. The van der Waals surface area contributed by atoms with Gasteiger partial charge in [-0.3, -0.25) is 14.4 Å². The molecule has 633 valence electrons. The topological polar surface area (TPSA) is 376 Å². The third-order valence-electron chi connectivity index (χ3n) is 17.5. The number of ketones is 1. The second-order valence-corrected chi connectivity index (χ2v) is 31.5. The molecule has 0 atom stereocenters. The summed E-state index contributed by atoms with van der Waals surface area (Å²) >= 11 is 26.2. The molecule has 0 saturated carbocycles. The first kappa shape index (κ1) is 102. The van der Waals surface area contributed by atoms with Crippen molar-refractivity contribution in [2.24, 2.45) is 11.6 Å². The number of benzene rings is 2. The van der Waals surface area contributed by atoms with Gasteiger partial charge in [-0.05, 0) is 149 Å². The molecule has 24 nitrogen and oxygen atoms in total. The third-order valence-corrected chi connectivity index (χ3v) is 19.3.